The molecule has 1 heterocycles. The standard InChI is InChI=1S/C20H18N4OS/c1-2-25-19-13-6-5-12-18(19)24-20(21-22-23-24)26-14-16-10-7-9-15-8-3-4-11-17(15)16/h3-13H,2,14H2,1H3. The molecule has 0 spiro atoms. The van der Waals surface area contributed by atoms with E-state index in [2.05, 4.69) is 58.0 Å². The zero-order valence-corrected chi connectivity index (χ0v) is 15.2. The van der Waals surface area contributed by atoms with E-state index >= 15 is 0 Å². The van der Waals surface area contributed by atoms with Gasteiger partial charge in [-0.05, 0) is 45.8 Å². The molecule has 3 aromatic carbocycles. The Morgan fingerprint density at radius 2 is 1.77 bits per heavy atom. The van der Waals surface area contributed by atoms with Crippen molar-refractivity contribution in [1.82, 2.24) is 20.2 Å². The molecule has 5 nitrogen and oxygen atoms in total. The Bertz CT molecular complexity index is 1030. The van der Waals surface area contributed by atoms with Crippen LogP contribution in [0.3, 0.4) is 0 Å². The van der Waals surface area contributed by atoms with Gasteiger partial charge in [-0.1, -0.05) is 66.4 Å². The lowest BCUT2D eigenvalue weighted by Gasteiger charge is -2.11. The maximum absolute atomic E-state index is 5.71. The van der Waals surface area contributed by atoms with Gasteiger partial charge in [-0.25, -0.2) is 0 Å². The lowest BCUT2D eigenvalue weighted by atomic mass is 10.1. The van der Waals surface area contributed by atoms with E-state index in [9.17, 15) is 0 Å². The number of hydrogen-bond donors (Lipinski definition) is 0. The molecule has 4 rings (SSSR count). The van der Waals surface area contributed by atoms with Crippen LogP contribution >= 0.6 is 11.8 Å². The maximum atomic E-state index is 5.71. The summed E-state index contributed by atoms with van der Waals surface area (Å²) in [4.78, 5) is 0. The van der Waals surface area contributed by atoms with Crippen LogP contribution in [-0.2, 0) is 5.75 Å². The summed E-state index contributed by atoms with van der Waals surface area (Å²) < 4.78 is 7.45. The zero-order chi connectivity index (χ0) is 17.8. The number of tetrazole rings is 1. The van der Waals surface area contributed by atoms with Crippen molar-refractivity contribution in [2.45, 2.75) is 17.8 Å². The monoisotopic (exact) mass is 362 g/mol. The molecule has 6 heteroatoms. The summed E-state index contributed by atoms with van der Waals surface area (Å²) in [5, 5.41) is 15.5. The lowest BCUT2D eigenvalue weighted by Crippen LogP contribution is -2.03. The fourth-order valence-corrected chi connectivity index (χ4v) is 3.78. The predicted molar refractivity (Wildman–Crippen MR) is 104 cm³/mol. The topological polar surface area (TPSA) is 52.8 Å². The Hall–Kier alpha value is -2.86. The van der Waals surface area contributed by atoms with Gasteiger partial charge in [0.2, 0.25) is 5.16 Å². The van der Waals surface area contributed by atoms with Gasteiger partial charge in [-0.15, -0.1) is 5.10 Å². The van der Waals surface area contributed by atoms with E-state index in [4.69, 9.17) is 4.74 Å². The Morgan fingerprint density at radius 3 is 2.69 bits per heavy atom. The van der Waals surface area contributed by atoms with Gasteiger partial charge in [0.25, 0.3) is 0 Å². The van der Waals surface area contributed by atoms with Crippen LogP contribution in [0, 0.1) is 0 Å². The lowest BCUT2D eigenvalue weighted by molar-refractivity contribution is 0.337. The summed E-state index contributed by atoms with van der Waals surface area (Å²) >= 11 is 1.61. The highest BCUT2D eigenvalue weighted by molar-refractivity contribution is 7.98. The molecule has 0 fully saturated rings. The summed E-state index contributed by atoms with van der Waals surface area (Å²) in [6.45, 7) is 2.56. The molecular formula is C20H18N4OS. The molecule has 0 atom stereocenters. The molecule has 0 saturated heterocycles. The average molecular weight is 362 g/mol. The van der Waals surface area contributed by atoms with E-state index in [1.54, 1.807) is 16.4 Å². The molecule has 130 valence electrons. The van der Waals surface area contributed by atoms with Crippen molar-refractivity contribution in [2.75, 3.05) is 6.61 Å². The first-order valence-corrected chi connectivity index (χ1v) is 9.45. The van der Waals surface area contributed by atoms with Gasteiger partial charge < -0.3 is 4.74 Å². The first-order chi connectivity index (χ1) is 12.9. The molecule has 0 saturated carbocycles. The van der Waals surface area contributed by atoms with Crippen molar-refractivity contribution in [1.29, 1.82) is 0 Å². The SMILES string of the molecule is CCOc1ccccc1-n1nnnc1SCc1cccc2ccccc12. The van der Waals surface area contributed by atoms with Gasteiger partial charge in [-0.3, -0.25) is 0 Å². The van der Waals surface area contributed by atoms with Crippen molar-refractivity contribution in [3.05, 3.63) is 72.3 Å². The van der Waals surface area contributed by atoms with Crippen molar-refractivity contribution >= 4 is 22.5 Å². The molecule has 0 aliphatic rings. The first kappa shape index (κ1) is 16.6. The van der Waals surface area contributed by atoms with Gasteiger partial charge in [0, 0.05) is 5.75 Å². The van der Waals surface area contributed by atoms with Crippen molar-refractivity contribution in [3.63, 3.8) is 0 Å². The minimum absolute atomic E-state index is 0.595. The Morgan fingerprint density at radius 1 is 0.962 bits per heavy atom. The number of benzene rings is 3. The van der Waals surface area contributed by atoms with Gasteiger partial charge >= 0.3 is 0 Å². The van der Waals surface area contributed by atoms with Crippen molar-refractivity contribution < 1.29 is 4.74 Å². The second kappa shape index (κ2) is 7.58. The molecule has 0 unspecified atom stereocenters. The minimum Gasteiger partial charge on any atom is -0.492 e. The molecule has 0 amide bonds. The van der Waals surface area contributed by atoms with E-state index < -0.39 is 0 Å². The molecule has 0 bridgehead atoms. The summed E-state index contributed by atoms with van der Waals surface area (Å²) in [5.74, 6) is 1.56. The average Bonchev–Trinajstić information content (AvgIpc) is 3.15. The Balaban J connectivity index is 1.62. The molecule has 0 N–H and O–H groups in total. The van der Waals surface area contributed by atoms with Crippen molar-refractivity contribution in [3.8, 4) is 11.4 Å². The normalized spacial score (nSPS) is 11.0. The molecular weight excluding hydrogens is 344 g/mol. The summed E-state index contributed by atoms with van der Waals surface area (Å²) in [5.41, 5.74) is 2.11. The number of hydrogen-bond acceptors (Lipinski definition) is 5. The quantitative estimate of drug-likeness (QED) is 0.473. The molecule has 1 aromatic heterocycles. The number of aromatic nitrogens is 4. The number of fused-ring (bicyclic) bond motifs is 1. The van der Waals surface area contributed by atoms with Gasteiger partial charge in [-0.2, -0.15) is 4.68 Å². The van der Waals surface area contributed by atoms with Crippen LogP contribution in [0.5, 0.6) is 5.75 Å². The van der Waals surface area contributed by atoms with Crippen LogP contribution < -0.4 is 4.74 Å². The number of rotatable bonds is 6. The highest BCUT2D eigenvalue weighted by Gasteiger charge is 2.14. The molecule has 4 aromatic rings. The van der Waals surface area contributed by atoms with Crippen LogP contribution in [0.25, 0.3) is 16.5 Å². The highest BCUT2D eigenvalue weighted by Crippen LogP contribution is 2.29. The van der Waals surface area contributed by atoms with E-state index in [-0.39, 0.29) is 0 Å². The van der Waals surface area contributed by atoms with Crippen LogP contribution in [0.4, 0.5) is 0 Å². The fraction of sp³-hybridized carbons (Fsp3) is 0.150. The largest absolute Gasteiger partial charge is 0.492 e. The second-order valence-corrected chi connectivity index (χ2v) is 6.64. The smallest absolute Gasteiger partial charge is 0.214 e. The Kier molecular flexibility index (Phi) is 4.84. The van der Waals surface area contributed by atoms with E-state index in [0.717, 1.165) is 22.3 Å². The van der Waals surface area contributed by atoms with Crippen LogP contribution in [-0.4, -0.2) is 26.8 Å². The van der Waals surface area contributed by atoms with E-state index in [1.165, 1.54) is 16.3 Å². The van der Waals surface area contributed by atoms with Crippen molar-refractivity contribution in [2.24, 2.45) is 0 Å². The second-order valence-electron chi connectivity index (χ2n) is 5.70. The predicted octanol–water partition coefficient (Wildman–Crippen LogP) is 4.51. The van der Waals surface area contributed by atoms with Crippen LogP contribution in [0.2, 0.25) is 0 Å². The highest BCUT2D eigenvalue weighted by atomic mass is 32.2. The van der Waals surface area contributed by atoms with E-state index in [0.29, 0.717) is 6.61 Å². The zero-order valence-electron chi connectivity index (χ0n) is 14.4. The third-order valence-corrected chi connectivity index (χ3v) is 5.04. The maximum Gasteiger partial charge on any atom is 0.214 e. The minimum atomic E-state index is 0.595. The van der Waals surface area contributed by atoms with Gasteiger partial charge in [0.05, 0.1) is 6.61 Å². The molecule has 0 radical (unpaired) electrons. The summed E-state index contributed by atoms with van der Waals surface area (Å²) in [6.07, 6.45) is 0. The number of para-hydroxylation sites is 2. The first-order valence-electron chi connectivity index (χ1n) is 8.47. The number of thioether (sulfide) groups is 1. The fourth-order valence-electron chi connectivity index (χ4n) is 2.89. The van der Waals surface area contributed by atoms with E-state index in [1.807, 2.05) is 31.2 Å². The van der Waals surface area contributed by atoms with Gasteiger partial charge in [0.1, 0.15) is 11.4 Å². The van der Waals surface area contributed by atoms with Crippen LogP contribution in [0.1, 0.15) is 12.5 Å². The van der Waals surface area contributed by atoms with Gasteiger partial charge in [0.15, 0.2) is 0 Å². The van der Waals surface area contributed by atoms with Crippen LogP contribution in [0.15, 0.2) is 71.9 Å². The number of ether oxygens (including phenoxy) is 1. The molecule has 0 aliphatic heterocycles. The summed E-state index contributed by atoms with van der Waals surface area (Å²) in [7, 11) is 0. The number of nitrogens with zero attached hydrogens (tertiary/aromatic N) is 4. The summed E-state index contributed by atoms with van der Waals surface area (Å²) in [6, 6.07) is 22.6. The Labute approximate surface area is 156 Å². The molecule has 26 heavy (non-hydrogen) atoms. The third-order valence-electron chi connectivity index (χ3n) is 4.07. The molecule has 0 aliphatic carbocycles. The third kappa shape index (κ3) is 3.28.